The van der Waals surface area contributed by atoms with E-state index < -0.39 is 5.97 Å². The first-order chi connectivity index (χ1) is 8.79. The molecule has 2 aromatic rings. The molecule has 1 fully saturated rings. The zero-order valence-electron chi connectivity index (χ0n) is 10.00. The monoisotopic (exact) mass is 247 g/mol. The van der Waals surface area contributed by atoms with Crippen molar-refractivity contribution in [2.45, 2.75) is 12.5 Å². The van der Waals surface area contributed by atoms with Gasteiger partial charge in [-0.25, -0.2) is 9.78 Å². The number of nitrogens with zero attached hydrogens (tertiary/aromatic N) is 3. The molecule has 3 heterocycles. The number of aromatic nitrogens is 3. The number of methoxy groups -OCH3 is 1. The van der Waals surface area contributed by atoms with E-state index in [4.69, 9.17) is 4.74 Å². The molecule has 18 heavy (non-hydrogen) atoms. The van der Waals surface area contributed by atoms with Crippen molar-refractivity contribution >= 4 is 17.0 Å². The summed E-state index contributed by atoms with van der Waals surface area (Å²) in [6, 6.07) is 3.76. The Bertz CT molecular complexity index is 587. The molecule has 3 rings (SSSR count). The lowest BCUT2D eigenvalue weighted by atomic mass is 10.2. The summed E-state index contributed by atoms with van der Waals surface area (Å²) in [6.07, 6.45) is 2.62. The Morgan fingerprint density at radius 2 is 2.44 bits per heavy atom. The Kier molecular flexibility index (Phi) is 2.71. The zero-order chi connectivity index (χ0) is 12.5. The predicted octanol–water partition coefficient (Wildman–Crippen LogP) is 1.18. The lowest BCUT2D eigenvalue weighted by Crippen LogP contribution is -2.10. The first kappa shape index (κ1) is 11.2. The lowest BCUT2D eigenvalue weighted by molar-refractivity contribution is 0.0594. The fraction of sp³-hybridized carbons (Fsp3) is 0.417. The van der Waals surface area contributed by atoms with Gasteiger partial charge in [-0.15, -0.1) is 0 Å². The molecular weight excluding hydrogens is 234 g/mol. The number of fused-ring (bicyclic) bond motifs is 1. The predicted molar refractivity (Wildman–Crippen MR) is 63.3 cm³/mol. The number of pyridine rings is 1. The molecule has 0 saturated carbocycles. The van der Waals surface area contributed by atoms with Crippen molar-refractivity contribution in [2.75, 3.05) is 20.3 Å². The minimum atomic E-state index is -0.436. The summed E-state index contributed by atoms with van der Waals surface area (Å²) >= 11 is 0. The van der Waals surface area contributed by atoms with Crippen molar-refractivity contribution in [1.29, 1.82) is 0 Å². The van der Waals surface area contributed by atoms with E-state index in [1.807, 2.05) is 10.7 Å². The van der Waals surface area contributed by atoms with E-state index >= 15 is 0 Å². The van der Waals surface area contributed by atoms with Crippen molar-refractivity contribution in [1.82, 2.24) is 14.8 Å². The van der Waals surface area contributed by atoms with Crippen LogP contribution in [-0.2, 0) is 9.47 Å². The van der Waals surface area contributed by atoms with Crippen LogP contribution in [0.15, 0.2) is 18.3 Å². The molecule has 94 valence electrons. The van der Waals surface area contributed by atoms with Crippen LogP contribution in [0.1, 0.15) is 23.0 Å². The van der Waals surface area contributed by atoms with Gasteiger partial charge in [0.1, 0.15) is 11.2 Å². The molecule has 0 N–H and O–H groups in total. The maximum absolute atomic E-state index is 11.4. The van der Waals surface area contributed by atoms with Gasteiger partial charge in [-0.2, -0.15) is 5.10 Å². The molecule has 6 heteroatoms. The van der Waals surface area contributed by atoms with Crippen LogP contribution >= 0.6 is 0 Å². The molecule has 0 amide bonds. The van der Waals surface area contributed by atoms with E-state index in [-0.39, 0.29) is 6.04 Å². The molecule has 1 saturated heterocycles. The molecular formula is C12H13N3O3. The first-order valence-corrected chi connectivity index (χ1v) is 5.80. The van der Waals surface area contributed by atoms with E-state index in [0.29, 0.717) is 17.8 Å². The Morgan fingerprint density at radius 3 is 3.17 bits per heavy atom. The fourth-order valence-corrected chi connectivity index (χ4v) is 2.16. The average molecular weight is 247 g/mol. The smallest absolute Gasteiger partial charge is 0.356 e. The molecule has 6 nitrogen and oxygen atoms in total. The second-order valence-corrected chi connectivity index (χ2v) is 4.20. The van der Waals surface area contributed by atoms with Gasteiger partial charge >= 0.3 is 5.97 Å². The minimum absolute atomic E-state index is 0.258. The molecule has 0 aliphatic carbocycles. The molecule has 0 radical (unpaired) electrons. The zero-order valence-corrected chi connectivity index (χ0v) is 10.00. The molecule has 1 aliphatic heterocycles. The highest BCUT2D eigenvalue weighted by atomic mass is 16.5. The largest absolute Gasteiger partial charge is 0.464 e. The van der Waals surface area contributed by atoms with E-state index in [0.717, 1.165) is 18.5 Å². The van der Waals surface area contributed by atoms with Crippen molar-refractivity contribution in [3.63, 3.8) is 0 Å². The Hall–Kier alpha value is -1.95. The summed E-state index contributed by atoms with van der Waals surface area (Å²) in [5, 5.41) is 4.33. The number of carbonyl (C=O) groups is 1. The third-order valence-electron chi connectivity index (χ3n) is 3.10. The van der Waals surface area contributed by atoms with E-state index in [1.165, 1.54) is 7.11 Å². The van der Waals surface area contributed by atoms with Crippen LogP contribution in [0.4, 0.5) is 0 Å². The number of hydrogen-bond acceptors (Lipinski definition) is 5. The Labute approximate surface area is 104 Å². The highest BCUT2D eigenvalue weighted by Gasteiger charge is 2.20. The number of rotatable bonds is 2. The van der Waals surface area contributed by atoms with Gasteiger partial charge < -0.3 is 9.47 Å². The third-order valence-corrected chi connectivity index (χ3v) is 3.10. The third kappa shape index (κ3) is 1.74. The SMILES string of the molecule is COC(=O)c1ccc2c(cnn2C2CCOC2)n1. The maximum atomic E-state index is 11.4. The fourth-order valence-electron chi connectivity index (χ4n) is 2.16. The maximum Gasteiger partial charge on any atom is 0.356 e. The van der Waals surface area contributed by atoms with Gasteiger partial charge in [0.05, 0.1) is 31.5 Å². The van der Waals surface area contributed by atoms with Crippen LogP contribution in [0, 0.1) is 0 Å². The number of carbonyl (C=O) groups excluding carboxylic acids is 1. The van der Waals surface area contributed by atoms with Gasteiger partial charge in [0.15, 0.2) is 0 Å². The standard InChI is InChI=1S/C12H13N3O3/c1-17-12(16)9-2-3-11-10(14-9)6-13-15(11)8-4-5-18-7-8/h2-3,6,8H,4-5,7H2,1H3. The normalized spacial score (nSPS) is 19.3. The van der Waals surface area contributed by atoms with Crippen molar-refractivity contribution in [3.05, 3.63) is 24.0 Å². The summed E-state index contributed by atoms with van der Waals surface area (Å²) in [4.78, 5) is 15.6. The van der Waals surface area contributed by atoms with Crippen molar-refractivity contribution < 1.29 is 14.3 Å². The molecule has 0 aromatic carbocycles. The molecule has 1 unspecified atom stereocenters. The van der Waals surface area contributed by atoms with Crippen LogP contribution in [-0.4, -0.2) is 41.1 Å². The van der Waals surface area contributed by atoms with E-state index in [1.54, 1.807) is 12.3 Å². The molecule has 1 aliphatic rings. The number of hydrogen-bond donors (Lipinski definition) is 0. The Balaban J connectivity index is 2.02. The molecule has 0 bridgehead atoms. The minimum Gasteiger partial charge on any atom is -0.464 e. The van der Waals surface area contributed by atoms with Crippen LogP contribution < -0.4 is 0 Å². The van der Waals surface area contributed by atoms with Crippen LogP contribution in [0.2, 0.25) is 0 Å². The van der Waals surface area contributed by atoms with Gasteiger partial charge in [-0.1, -0.05) is 0 Å². The first-order valence-electron chi connectivity index (χ1n) is 5.80. The number of ether oxygens (including phenoxy) is 2. The van der Waals surface area contributed by atoms with Gasteiger partial charge in [0, 0.05) is 6.61 Å². The summed E-state index contributed by atoms with van der Waals surface area (Å²) in [7, 11) is 1.34. The van der Waals surface area contributed by atoms with Crippen LogP contribution in [0.5, 0.6) is 0 Å². The summed E-state index contributed by atoms with van der Waals surface area (Å²) < 4.78 is 11.9. The summed E-state index contributed by atoms with van der Waals surface area (Å²) in [6.45, 7) is 1.44. The van der Waals surface area contributed by atoms with Crippen molar-refractivity contribution in [3.8, 4) is 0 Å². The van der Waals surface area contributed by atoms with E-state index in [2.05, 4.69) is 14.8 Å². The van der Waals surface area contributed by atoms with Crippen molar-refractivity contribution in [2.24, 2.45) is 0 Å². The molecule has 2 aromatic heterocycles. The quantitative estimate of drug-likeness (QED) is 0.745. The van der Waals surface area contributed by atoms with Gasteiger partial charge in [-0.3, -0.25) is 4.68 Å². The second kappa shape index (κ2) is 4.38. The van der Waals surface area contributed by atoms with E-state index in [9.17, 15) is 4.79 Å². The summed E-state index contributed by atoms with van der Waals surface area (Å²) in [5.41, 5.74) is 1.91. The molecule has 1 atom stereocenters. The van der Waals surface area contributed by atoms with Gasteiger partial charge in [0.2, 0.25) is 0 Å². The second-order valence-electron chi connectivity index (χ2n) is 4.20. The van der Waals surface area contributed by atoms with Gasteiger partial charge in [0.25, 0.3) is 0 Å². The highest BCUT2D eigenvalue weighted by molar-refractivity contribution is 5.90. The Morgan fingerprint density at radius 1 is 1.56 bits per heavy atom. The van der Waals surface area contributed by atoms with Gasteiger partial charge in [-0.05, 0) is 18.6 Å². The topological polar surface area (TPSA) is 66.2 Å². The highest BCUT2D eigenvalue weighted by Crippen LogP contribution is 2.23. The van der Waals surface area contributed by atoms with Crippen LogP contribution in [0.3, 0.4) is 0 Å². The average Bonchev–Trinajstić information content (AvgIpc) is 3.05. The lowest BCUT2D eigenvalue weighted by Gasteiger charge is -2.09. The number of esters is 1. The van der Waals surface area contributed by atoms with Crippen LogP contribution in [0.25, 0.3) is 11.0 Å². The summed E-state index contributed by atoms with van der Waals surface area (Å²) in [5.74, 6) is -0.436. The molecule has 0 spiro atoms.